The number of nitrogens with zero attached hydrogens (tertiary/aromatic N) is 3. The van der Waals surface area contributed by atoms with E-state index < -0.39 is 0 Å². The number of rotatable bonds is 6. The Kier molecular flexibility index (Phi) is 5.47. The third kappa shape index (κ3) is 4.28. The fraction of sp³-hybridized carbons (Fsp3) is 0.353. The van der Waals surface area contributed by atoms with Crippen LogP contribution in [0.3, 0.4) is 0 Å². The van der Waals surface area contributed by atoms with Gasteiger partial charge in [0.1, 0.15) is 17.3 Å². The first-order chi connectivity index (χ1) is 10.6. The number of hydrogen-bond acceptors (Lipinski definition) is 4. The van der Waals surface area contributed by atoms with Gasteiger partial charge in [-0.15, -0.1) is 0 Å². The van der Waals surface area contributed by atoms with Gasteiger partial charge in [-0.3, -0.25) is 4.79 Å². The molecule has 0 unspecified atom stereocenters. The van der Waals surface area contributed by atoms with Crippen molar-refractivity contribution in [3.05, 3.63) is 53.5 Å². The molecule has 116 valence electrons. The number of hydrogen-bond donors (Lipinski definition) is 1. The van der Waals surface area contributed by atoms with E-state index in [0.717, 1.165) is 18.8 Å². The fourth-order valence-corrected chi connectivity index (χ4v) is 2.13. The van der Waals surface area contributed by atoms with E-state index in [1.165, 1.54) is 5.56 Å². The molecule has 0 aliphatic rings. The Bertz CT molecular complexity index is 628. The summed E-state index contributed by atoms with van der Waals surface area (Å²) < 4.78 is 0. The molecule has 1 heterocycles. The lowest BCUT2D eigenvalue weighted by Gasteiger charge is -2.19. The second kappa shape index (κ2) is 7.54. The summed E-state index contributed by atoms with van der Waals surface area (Å²) in [6.45, 7) is 5.20. The number of nitrogens with one attached hydrogen (secondary N) is 1. The quantitative estimate of drug-likeness (QED) is 0.890. The molecule has 1 N–H and O–H groups in total. The Morgan fingerprint density at radius 1 is 1.23 bits per heavy atom. The fourth-order valence-electron chi connectivity index (χ4n) is 2.13. The van der Waals surface area contributed by atoms with Crippen LogP contribution in [-0.4, -0.2) is 29.5 Å². The number of anilines is 1. The molecular weight excluding hydrogens is 276 g/mol. The van der Waals surface area contributed by atoms with Crippen molar-refractivity contribution in [3.63, 3.8) is 0 Å². The van der Waals surface area contributed by atoms with Crippen molar-refractivity contribution in [1.29, 1.82) is 0 Å². The Morgan fingerprint density at radius 3 is 2.64 bits per heavy atom. The molecule has 22 heavy (non-hydrogen) atoms. The lowest BCUT2D eigenvalue weighted by atomic mass is 10.2. The van der Waals surface area contributed by atoms with Gasteiger partial charge in [-0.05, 0) is 18.9 Å². The summed E-state index contributed by atoms with van der Waals surface area (Å²) in [5.41, 5.74) is 1.61. The molecular formula is C17H22N4O. The van der Waals surface area contributed by atoms with Gasteiger partial charge in [0, 0.05) is 26.2 Å². The predicted molar refractivity (Wildman–Crippen MR) is 87.9 cm³/mol. The molecule has 0 spiro atoms. The number of amides is 1. The second-order valence-electron chi connectivity index (χ2n) is 5.26. The predicted octanol–water partition coefficient (Wildman–Crippen LogP) is 2.56. The summed E-state index contributed by atoms with van der Waals surface area (Å²) in [6, 6.07) is 11.9. The van der Waals surface area contributed by atoms with Crippen LogP contribution in [0, 0.1) is 6.92 Å². The molecule has 2 aromatic rings. The van der Waals surface area contributed by atoms with Gasteiger partial charge < -0.3 is 10.2 Å². The van der Waals surface area contributed by atoms with Gasteiger partial charge in [0.25, 0.3) is 5.91 Å². The minimum Gasteiger partial charge on any atom is -0.355 e. The molecule has 1 amide bonds. The largest absolute Gasteiger partial charge is 0.355 e. The highest BCUT2D eigenvalue weighted by atomic mass is 16.1. The standard InChI is InChI=1S/C17H22N4O/c1-4-10-18-17(22)15-11-16(20-13(2)19-15)21(3)12-14-8-6-5-7-9-14/h5-9,11H,4,10,12H2,1-3H3,(H,18,22). The van der Waals surface area contributed by atoms with E-state index in [4.69, 9.17) is 0 Å². The smallest absolute Gasteiger partial charge is 0.270 e. The number of aromatic nitrogens is 2. The maximum Gasteiger partial charge on any atom is 0.270 e. The van der Waals surface area contributed by atoms with E-state index in [1.807, 2.05) is 37.1 Å². The SMILES string of the molecule is CCCNC(=O)c1cc(N(C)Cc2ccccc2)nc(C)n1. The van der Waals surface area contributed by atoms with Crippen LogP contribution in [0.2, 0.25) is 0 Å². The molecule has 0 saturated heterocycles. The zero-order valence-electron chi connectivity index (χ0n) is 13.3. The molecule has 2 rings (SSSR count). The van der Waals surface area contributed by atoms with Gasteiger partial charge in [0.2, 0.25) is 0 Å². The minimum absolute atomic E-state index is 0.151. The lowest BCUT2D eigenvalue weighted by molar-refractivity contribution is 0.0948. The highest BCUT2D eigenvalue weighted by molar-refractivity contribution is 5.92. The summed E-state index contributed by atoms with van der Waals surface area (Å²) in [6.07, 6.45) is 0.899. The van der Waals surface area contributed by atoms with E-state index >= 15 is 0 Å². The van der Waals surface area contributed by atoms with Crippen LogP contribution in [0.1, 0.15) is 35.2 Å². The first kappa shape index (κ1) is 15.9. The molecule has 0 aliphatic carbocycles. The Labute approximate surface area is 131 Å². The first-order valence-electron chi connectivity index (χ1n) is 7.49. The Balaban J connectivity index is 2.16. The van der Waals surface area contributed by atoms with Crippen LogP contribution in [0.15, 0.2) is 36.4 Å². The average molecular weight is 298 g/mol. The third-order valence-electron chi connectivity index (χ3n) is 3.25. The molecule has 0 fully saturated rings. The van der Waals surface area contributed by atoms with Gasteiger partial charge in [-0.2, -0.15) is 0 Å². The van der Waals surface area contributed by atoms with Crippen molar-refractivity contribution < 1.29 is 4.79 Å². The van der Waals surface area contributed by atoms with Crippen molar-refractivity contribution >= 4 is 11.7 Å². The zero-order valence-corrected chi connectivity index (χ0v) is 13.3. The number of carbonyl (C=O) groups is 1. The molecule has 0 aliphatic heterocycles. The molecule has 0 radical (unpaired) electrons. The summed E-state index contributed by atoms with van der Waals surface area (Å²) >= 11 is 0. The molecule has 0 saturated carbocycles. The summed E-state index contributed by atoms with van der Waals surface area (Å²) in [4.78, 5) is 22.7. The van der Waals surface area contributed by atoms with Crippen molar-refractivity contribution in [2.75, 3.05) is 18.5 Å². The van der Waals surface area contributed by atoms with Crippen molar-refractivity contribution in [2.45, 2.75) is 26.8 Å². The highest BCUT2D eigenvalue weighted by Crippen LogP contribution is 2.14. The molecule has 1 aromatic heterocycles. The molecule has 5 heteroatoms. The van der Waals surface area contributed by atoms with Gasteiger partial charge in [-0.1, -0.05) is 37.3 Å². The maximum absolute atomic E-state index is 12.1. The lowest BCUT2D eigenvalue weighted by Crippen LogP contribution is -2.26. The van der Waals surface area contributed by atoms with Crippen LogP contribution in [0.5, 0.6) is 0 Å². The van der Waals surface area contributed by atoms with E-state index in [-0.39, 0.29) is 5.91 Å². The Morgan fingerprint density at radius 2 is 1.95 bits per heavy atom. The van der Waals surface area contributed by atoms with Gasteiger partial charge in [0.05, 0.1) is 0 Å². The van der Waals surface area contributed by atoms with Gasteiger partial charge in [-0.25, -0.2) is 9.97 Å². The topological polar surface area (TPSA) is 58.1 Å². The number of benzene rings is 1. The third-order valence-corrected chi connectivity index (χ3v) is 3.25. The highest BCUT2D eigenvalue weighted by Gasteiger charge is 2.12. The molecule has 5 nitrogen and oxygen atoms in total. The van der Waals surface area contributed by atoms with Crippen LogP contribution in [0.25, 0.3) is 0 Å². The van der Waals surface area contributed by atoms with Crippen molar-refractivity contribution in [2.24, 2.45) is 0 Å². The summed E-state index contributed by atoms with van der Waals surface area (Å²) in [5, 5.41) is 2.84. The monoisotopic (exact) mass is 298 g/mol. The van der Waals surface area contributed by atoms with E-state index in [2.05, 4.69) is 27.4 Å². The normalized spacial score (nSPS) is 10.3. The minimum atomic E-state index is -0.151. The zero-order chi connectivity index (χ0) is 15.9. The first-order valence-corrected chi connectivity index (χ1v) is 7.49. The summed E-state index contributed by atoms with van der Waals surface area (Å²) in [7, 11) is 1.96. The number of aryl methyl sites for hydroxylation is 1. The molecule has 0 bridgehead atoms. The van der Waals surface area contributed by atoms with Crippen molar-refractivity contribution in [3.8, 4) is 0 Å². The maximum atomic E-state index is 12.1. The van der Waals surface area contributed by atoms with Crippen LogP contribution < -0.4 is 10.2 Å². The molecule has 0 atom stereocenters. The molecule has 1 aromatic carbocycles. The van der Waals surface area contributed by atoms with E-state index in [0.29, 0.717) is 18.1 Å². The van der Waals surface area contributed by atoms with Crippen molar-refractivity contribution in [1.82, 2.24) is 15.3 Å². The summed E-state index contributed by atoms with van der Waals surface area (Å²) in [5.74, 6) is 1.19. The van der Waals surface area contributed by atoms with Crippen LogP contribution in [-0.2, 0) is 6.54 Å². The van der Waals surface area contributed by atoms with E-state index in [1.54, 1.807) is 13.0 Å². The van der Waals surface area contributed by atoms with E-state index in [9.17, 15) is 4.79 Å². The van der Waals surface area contributed by atoms with Crippen LogP contribution >= 0.6 is 0 Å². The second-order valence-corrected chi connectivity index (χ2v) is 5.26. The van der Waals surface area contributed by atoms with Gasteiger partial charge >= 0.3 is 0 Å². The van der Waals surface area contributed by atoms with Crippen LogP contribution in [0.4, 0.5) is 5.82 Å². The van der Waals surface area contributed by atoms with Gasteiger partial charge in [0.15, 0.2) is 0 Å². The Hall–Kier alpha value is -2.43. The number of carbonyl (C=O) groups excluding carboxylic acids is 1. The average Bonchev–Trinajstić information content (AvgIpc) is 2.53.